The smallest absolute Gasteiger partial charge is 0.295 e. The Labute approximate surface area is 173 Å². The van der Waals surface area contributed by atoms with Crippen LogP contribution in [-0.4, -0.2) is 29.7 Å². The average Bonchev–Trinajstić information content (AvgIpc) is 2.61. The average molecular weight is 415 g/mol. The molecule has 3 unspecified atom stereocenters. The van der Waals surface area contributed by atoms with Gasteiger partial charge in [0.05, 0.1) is 5.92 Å². The second-order valence-electron chi connectivity index (χ2n) is 9.27. The fraction of sp³-hybridized carbons (Fsp3) is 0.955. The fourth-order valence-electron chi connectivity index (χ4n) is 3.50. The molecule has 0 aliphatic rings. The lowest BCUT2D eigenvalue weighted by molar-refractivity contribution is -0.139. The molecular weight excluding hydrogens is 368 g/mol. The molecule has 0 amide bonds. The molecule has 27 heavy (non-hydrogen) atoms. The van der Waals surface area contributed by atoms with Gasteiger partial charge in [0.2, 0.25) is 9.76 Å². The second-order valence-corrected chi connectivity index (χ2v) is 14.8. The summed E-state index contributed by atoms with van der Waals surface area (Å²) in [6.07, 6.45) is 7.17. The molecule has 0 bridgehead atoms. The van der Waals surface area contributed by atoms with Gasteiger partial charge in [-0.3, -0.25) is 4.79 Å². The van der Waals surface area contributed by atoms with Crippen molar-refractivity contribution in [3.8, 4) is 0 Å². The summed E-state index contributed by atoms with van der Waals surface area (Å²) in [5.41, 5.74) is 0.879. The summed E-state index contributed by atoms with van der Waals surface area (Å²) in [5.74, 6) is -0.0657. The van der Waals surface area contributed by atoms with E-state index >= 15 is 0 Å². The van der Waals surface area contributed by atoms with E-state index in [9.17, 15) is 4.79 Å². The van der Waals surface area contributed by atoms with E-state index in [0.717, 1.165) is 24.9 Å². The number of rotatable bonds is 14. The molecule has 0 rings (SSSR count). The summed E-state index contributed by atoms with van der Waals surface area (Å²) < 4.78 is 12.4. The van der Waals surface area contributed by atoms with Crippen LogP contribution in [0.25, 0.3) is 0 Å². The molecule has 0 N–H and O–H groups in total. The van der Waals surface area contributed by atoms with E-state index in [2.05, 4.69) is 55.4 Å². The van der Waals surface area contributed by atoms with Crippen molar-refractivity contribution in [2.24, 2.45) is 5.92 Å². The van der Waals surface area contributed by atoms with E-state index in [1.54, 1.807) is 0 Å². The molecule has 0 saturated heterocycles. The van der Waals surface area contributed by atoms with Crippen molar-refractivity contribution in [3.05, 3.63) is 0 Å². The molecule has 3 nitrogen and oxygen atoms in total. The van der Waals surface area contributed by atoms with Gasteiger partial charge < -0.3 is 8.85 Å². The molecule has 2 radical (unpaired) electrons. The molecule has 0 fully saturated rings. The van der Waals surface area contributed by atoms with Crippen molar-refractivity contribution >= 4 is 24.0 Å². The van der Waals surface area contributed by atoms with Gasteiger partial charge in [-0.15, -0.1) is 0 Å². The fourth-order valence-corrected chi connectivity index (χ4v) is 9.66. The molecule has 0 aliphatic heterocycles. The highest BCUT2D eigenvalue weighted by atomic mass is 28.4. The molecule has 0 aromatic rings. The molecule has 0 aromatic heterocycles. The maximum absolute atomic E-state index is 13.0. The Morgan fingerprint density at radius 1 is 0.963 bits per heavy atom. The molecule has 3 atom stereocenters. The van der Waals surface area contributed by atoms with Crippen LogP contribution >= 0.6 is 0 Å². The summed E-state index contributed by atoms with van der Waals surface area (Å²) in [6, 6.07) is 1.88. The van der Waals surface area contributed by atoms with Crippen molar-refractivity contribution in [2.45, 2.75) is 130 Å². The molecule has 0 heterocycles. The van der Waals surface area contributed by atoms with Gasteiger partial charge in [0.1, 0.15) is 0 Å². The Morgan fingerprint density at radius 2 is 1.52 bits per heavy atom. The van der Waals surface area contributed by atoms with Crippen LogP contribution in [0.2, 0.25) is 23.2 Å². The normalized spacial score (nSPS) is 17.8. The first-order valence-corrected chi connectivity index (χ1v) is 14.6. The number of carbonyl (C=O) groups excluding carboxylic acids is 1. The number of unbranched alkanes of at least 4 members (excludes halogenated alkanes) is 3. The molecule has 0 spiro atoms. The van der Waals surface area contributed by atoms with Gasteiger partial charge in [-0.05, 0) is 43.9 Å². The Kier molecular flexibility index (Phi) is 13.1. The first kappa shape index (κ1) is 26.9. The van der Waals surface area contributed by atoms with Gasteiger partial charge in [0.15, 0.2) is 0 Å². The third-order valence-electron chi connectivity index (χ3n) is 5.77. The van der Waals surface area contributed by atoms with Gasteiger partial charge in [-0.25, -0.2) is 0 Å². The van der Waals surface area contributed by atoms with Gasteiger partial charge in [0, 0.05) is 5.60 Å². The zero-order chi connectivity index (χ0) is 21.1. The summed E-state index contributed by atoms with van der Waals surface area (Å²) in [4.78, 5) is 13.0. The Balaban J connectivity index is 5.15. The van der Waals surface area contributed by atoms with Gasteiger partial charge in [-0.1, -0.05) is 80.1 Å². The molecule has 0 saturated carbocycles. The summed E-state index contributed by atoms with van der Waals surface area (Å²) in [5, 5.41) is 0. The van der Waals surface area contributed by atoms with Crippen molar-refractivity contribution in [1.29, 1.82) is 0 Å². The van der Waals surface area contributed by atoms with E-state index < -0.39 is 8.32 Å². The highest BCUT2D eigenvalue weighted by Crippen LogP contribution is 2.42. The second kappa shape index (κ2) is 13.2. The maximum Gasteiger partial charge on any atom is 0.295 e. The van der Waals surface area contributed by atoms with Gasteiger partial charge in [-0.2, -0.15) is 0 Å². The topological polar surface area (TPSA) is 35.5 Å². The highest BCUT2D eigenvalue weighted by Gasteiger charge is 2.47. The summed E-state index contributed by atoms with van der Waals surface area (Å²) in [7, 11) is -1.79. The third-order valence-corrected chi connectivity index (χ3v) is 13.2. The Morgan fingerprint density at radius 3 is 1.96 bits per heavy atom. The Bertz CT molecular complexity index is 397. The predicted molar refractivity (Wildman–Crippen MR) is 121 cm³/mol. The van der Waals surface area contributed by atoms with Crippen molar-refractivity contribution in [3.63, 3.8) is 0 Å². The van der Waals surface area contributed by atoms with E-state index in [0.29, 0.717) is 20.8 Å². The molecular formula is C22H46O3Si2. The van der Waals surface area contributed by atoms with E-state index in [1.807, 2.05) is 6.92 Å². The maximum atomic E-state index is 13.0. The lowest BCUT2D eigenvalue weighted by Crippen LogP contribution is -2.48. The molecule has 0 aromatic carbocycles. The Hall–Kier alpha value is -0.136. The minimum atomic E-state index is -2.14. The molecule has 160 valence electrons. The van der Waals surface area contributed by atoms with Crippen LogP contribution in [0.3, 0.4) is 0 Å². The number of hydrogen-bond donors (Lipinski definition) is 0. The quantitative estimate of drug-likeness (QED) is 0.224. The SMILES string of the molecule is CCCCCC[Si](OC(=O)C(C)C[Si]OC(C)(C)C)(C(C)CC)C(C)CC. The van der Waals surface area contributed by atoms with Crippen molar-refractivity contribution < 1.29 is 13.6 Å². The summed E-state index contributed by atoms with van der Waals surface area (Å²) in [6.45, 7) is 19.6. The number of carbonyl (C=O) groups is 1. The summed E-state index contributed by atoms with van der Waals surface area (Å²) >= 11 is 0. The molecule has 0 aliphatic carbocycles. The lowest BCUT2D eigenvalue weighted by Gasteiger charge is -2.41. The van der Waals surface area contributed by atoms with E-state index in [1.165, 1.54) is 25.7 Å². The minimum Gasteiger partial charge on any atom is -0.518 e. The number of hydrogen-bond acceptors (Lipinski definition) is 3. The van der Waals surface area contributed by atoms with E-state index in [4.69, 9.17) is 8.85 Å². The van der Waals surface area contributed by atoms with Crippen LogP contribution in [0, 0.1) is 5.92 Å². The highest BCUT2D eigenvalue weighted by molar-refractivity contribution is 6.77. The zero-order valence-corrected chi connectivity index (χ0v) is 21.6. The zero-order valence-electron chi connectivity index (χ0n) is 19.6. The predicted octanol–water partition coefficient (Wildman–Crippen LogP) is 7.14. The van der Waals surface area contributed by atoms with Crippen LogP contribution in [0.1, 0.15) is 101 Å². The van der Waals surface area contributed by atoms with Crippen LogP contribution < -0.4 is 0 Å². The van der Waals surface area contributed by atoms with Crippen LogP contribution in [-0.2, 0) is 13.6 Å². The van der Waals surface area contributed by atoms with Gasteiger partial charge >= 0.3 is 0 Å². The van der Waals surface area contributed by atoms with Crippen LogP contribution in [0.5, 0.6) is 0 Å². The van der Waals surface area contributed by atoms with E-state index in [-0.39, 0.29) is 17.5 Å². The minimum absolute atomic E-state index is 0.0165. The van der Waals surface area contributed by atoms with Crippen LogP contribution in [0.4, 0.5) is 0 Å². The first-order valence-electron chi connectivity index (χ1n) is 11.2. The van der Waals surface area contributed by atoms with Crippen molar-refractivity contribution in [2.75, 3.05) is 0 Å². The third kappa shape index (κ3) is 9.75. The first-order chi connectivity index (χ1) is 12.5. The standard InChI is InChI=1S/C22H46O3Si2/c1-10-13-14-15-16-27(19(5)11-2,20(6)12-3)24-21(23)18(4)17-26-25-22(7,8)9/h18-20H,10-17H2,1-9H3. The molecule has 5 heteroatoms. The monoisotopic (exact) mass is 414 g/mol. The van der Waals surface area contributed by atoms with Gasteiger partial charge in [0.25, 0.3) is 14.3 Å². The van der Waals surface area contributed by atoms with Crippen LogP contribution in [0.15, 0.2) is 0 Å². The van der Waals surface area contributed by atoms with Crippen molar-refractivity contribution in [1.82, 2.24) is 0 Å². The largest absolute Gasteiger partial charge is 0.518 e. The lowest BCUT2D eigenvalue weighted by atomic mass is 10.2.